The summed E-state index contributed by atoms with van der Waals surface area (Å²) in [6.07, 6.45) is -0.666. The number of rotatable bonds is 6. The van der Waals surface area contributed by atoms with Crippen molar-refractivity contribution in [1.82, 2.24) is 5.32 Å². The van der Waals surface area contributed by atoms with Gasteiger partial charge in [0, 0.05) is 6.42 Å². The van der Waals surface area contributed by atoms with Gasteiger partial charge in [-0.2, -0.15) is 0 Å². The Hall–Kier alpha value is -3.17. The van der Waals surface area contributed by atoms with E-state index in [0.717, 1.165) is 0 Å². The second-order valence-corrected chi connectivity index (χ2v) is 5.37. The normalized spacial score (nSPS) is 17.4. The van der Waals surface area contributed by atoms with Crippen molar-refractivity contribution in [2.75, 3.05) is 12.4 Å². The first-order valence-electron chi connectivity index (χ1n) is 7.45. The Balaban J connectivity index is 2.02. The van der Waals surface area contributed by atoms with Crippen molar-refractivity contribution < 1.29 is 28.8 Å². The fourth-order valence-electron chi connectivity index (χ4n) is 2.23. The number of esters is 1. The second kappa shape index (κ2) is 7.60. The molecule has 1 aromatic rings. The minimum Gasteiger partial charge on any atom is -0.496 e. The molecule has 0 unspecified atom stereocenters. The summed E-state index contributed by atoms with van der Waals surface area (Å²) < 4.78 is 9.91. The molecule has 1 heterocycles. The summed E-state index contributed by atoms with van der Waals surface area (Å²) in [7, 11) is 1.36. The molecule has 2 atom stereocenters. The fourth-order valence-corrected chi connectivity index (χ4v) is 2.23. The van der Waals surface area contributed by atoms with E-state index >= 15 is 0 Å². The Morgan fingerprint density at radius 3 is 2.72 bits per heavy atom. The van der Waals surface area contributed by atoms with Crippen LogP contribution in [0.15, 0.2) is 18.2 Å². The molecule has 134 valence electrons. The van der Waals surface area contributed by atoms with Gasteiger partial charge in [0.05, 0.1) is 18.1 Å². The van der Waals surface area contributed by atoms with Crippen molar-refractivity contribution in [3.63, 3.8) is 0 Å². The number of nitrogens with one attached hydrogen (secondary N) is 2. The number of methoxy groups -OCH3 is 1. The highest BCUT2D eigenvalue weighted by Crippen LogP contribution is 2.29. The average Bonchev–Trinajstić information content (AvgIpc) is 3.01. The first-order chi connectivity index (χ1) is 11.8. The maximum atomic E-state index is 12.1. The van der Waals surface area contributed by atoms with Crippen molar-refractivity contribution in [3.05, 3.63) is 28.3 Å². The number of benzene rings is 1. The predicted molar refractivity (Wildman–Crippen MR) is 85.0 cm³/mol. The number of anilines is 1. The van der Waals surface area contributed by atoms with Crippen LogP contribution >= 0.6 is 0 Å². The molecule has 1 aliphatic rings. The number of ether oxygens (including phenoxy) is 2. The molecule has 0 aliphatic carbocycles. The van der Waals surface area contributed by atoms with Crippen LogP contribution in [0.4, 0.5) is 11.4 Å². The molecule has 1 fully saturated rings. The molecule has 1 aromatic carbocycles. The summed E-state index contributed by atoms with van der Waals surface area (Å²) in [4.78, 5) is 45.5. The Kier molecular flexibility index (Phi) is 5.52. The molecule has 0 saturated carbocycles. The van der Waals surface area contributed by atoms with Gasteiger partial charge in [0.25, 0.3) is 11.6 Å². The summed E-state index contributed by atoms with van der Waals surface area (Å²) in [5.41, 5.74) is -0.401. The molecule has 0 aromatic heterocycles. The lowest BCUT2D eigenvalue weighted by atomic mass is 10.2. The van der Waals surface area contributed by atoms with Gasteiger partial charge in [-0.15, -0.1) is 0 Å². The van der Waals surface area contributed by atoms with Crippen LogP contribution in [0.3, 0.4) is 0 Å². The number of carbonyl (C=O) groups excluding carboxylic acids is 3. The Labute approximate surface area is 142 Å². The third kappa shape index (κ3) is 4.43. The Morgan fingerprint density at radius 1 is 1.44 bits per heavy atom. The van der Waals surface area contributed by atoms with E-state index in [0.29, 0.717) is 6.42 Å². The van der Waals surface area contributed by atoms with E-state index in [4.69, 9.17) is 9.47 Å². The van der Waals surface area contributed by atoms with Crippen LogP contribution in [-0.4, -0.2) is 42.0 Å². The summed E-state index contributed by atoms with van der Waals surface area (Å²) in [5.74, 6) is -1.45. The highest BCUT2D eigenvalue weighted by molar-refractivity contribution is 5.97. The summed E-state index contributed by atoms with van der Waals surface area (Å²) in [6.45, 7) is 1.33. The largest absolute Gasteiger partial charge is 0.496 e. The molecule has 2 rings (SSSR count). The number of nitro groups is 1. The van der Waals surface area contributed by atoms with Crippen LogP contribution in [0.1, 0.15) is 19.8 Å². The van der Waals surface area contributed by atoms with Gasteiger partial charge < -0.3 is 20.1 Å². The molecule has 0 bridgehead atoms. The van der Waals surface area contributed by atoms with E-state index in [2.05, 4.69) is 10.6 Å². The van der Waals surface area contributed by atoms with Gasteiger partial charge in [0.15, 0.2) is 6.10 Å². The minimum atomic E-state index is -1.19. The summed E-state index contributed by atoms with van der Waals surface area (Å²) in [5, 5.41) is 15.9. The quantitative estimate of drug-likeness (QED) is 0.438. The topological polar surface area (TPSA) is 137 Å². The van der Waals surface area contributed by atoms with Crippen molar-refractivity contribution in [3.8, 4) is 5.75 Å². The van der Waals surface area contributed by atoms with E-state index < -0.39 is 28.9 Å². The van der Waals surface area contributed by atoms with Crippen LogP contribution in [0.2, 0.25) is 0 Å². The second-order valence-electron chi connectivity index (χ2n) is 5.37. The van der Waals surface area contributed by atoms with Gasteiger partial charge in [-0.25, -0.2) is 4.79 Å². The zero-order valence-corrected chi connectivity index (χ0v) is 13.6. The van der Waals surface area contributed by atoms with E-state index in [1.165, 1.54) is 32.2 Å². The first kappa shape index (κ1) is 18.2. The standard InChI is InChI=1S/C15H17N3O7/c1-8(25-15(21)11-5-6-13(19)16-11)14(20)17-10-4-3-9(24-2)7-12(10)18(22)23/h3-4,7-8,11H,5-6H2,1-2H3,(H,16,19)(H,17,20)/t8-,11-/m0/s1. The zero-order valence-electron chi connectivity index (χ0n) is 13.6. The highest BCUT2D eigenvalue weighted by atomic mass is 16.6. The predicted octanol–water partition coefficient (Wildman–Crippen LogP) is 0.752. The molecule has 0 spiro atoms. The maximum Gasteiger partial charge on any atom is 0.329 e. The van der Waals surface area contributed by atoms with Crippen molar-refractivity contribution in [2.24, 2.45) is 0 Å². The van der Waals surface area contributed by atoms with Gasteiger partial charge in [0.2, 0.25) is 5.91 Å². The van der Waals surface area contributed by atoms with Crippen LogP contribution in [0.5, 0.6) is 5.75 Å². The fraction of sp³-hybridized carbons (Fsp3) is 0.400. The Bertz CT molecular complexity index is 719. The van der Waals surface area contributed by atoms with Crippen molar-refractivity contribution in [2.45, 2.75) is 31.9 Å². The van der Waals surface area contributed by atoms with Crippen molar-refractivity contribution >= 4 is 29.2 Å². The van der Waals surface area contributed by atoms with E-state index in [9.17, 15) is 24.5 Å². The van der Waals surface area contributed by atoms with Gasteiger partial charge in [-0.05, 0) is 25.5 Å². The monoisotopic (exact) mass is 351 g/mol. The SMILES string of the molecule is COc1ccc(NC(=O)[C@H](C)OC(=O)[C@@H]2CCC(=O)N2)c([N+](=O)[O-])c1. The van der Waals surface area contributed by atoms with Crippen LogP contribution in [-0.2, 0) is 19.1 Å². The van der Waals surface area contributed by atoms with Crippen molar-refractivity contribution in [1.29, 1.82) is 0 Å². The molecule has 10 nitrogen and oxygen atoms in total. The number of amides is 2. The molecule has 0 radical (unpaired) electrons. The molecular weight excluding hydrogens is 334 g/mol. The lowest BCUT2D eigenvalue weighted by Crippen LogP contribution is -2.39. The third-order valence-corrected chi connectivity index (χ3v) is 3.60. The summed E-state index contributed by atoms with van der Waals surface area (Å²) >= 11 is 0. The maximum absolute atomic E-state index is 12.1. The van der Waals surface area contributed by atoms with E-state index in [1.54, 1.807) is 0 Å². The van der Waals surface area contributed by atoms with Gasteiger partial charge in [0.1, 0.15) is 17.5 Å². The molecular formula is C15H17N3O7. The molecule has 10 heteroatoms. The smallest absolute Gasteiger partial charge is 0.329 e. The minimum absolute atomic E-state index is 0.0483. The zero-order chi connectivity index (χ0) is 18.6. The van der Waals surface area contributed by atoms with E-state index in [-0.39, 0.29) is 29.5 Å². The number of carbonyl (C=O) groups is 3. The lowest BCUT2D eigenvalue weighted by molar-refractivity contribution is -0.384. The Morgan fingerprint density at radius 2 is 2.16 bits per heavy atom. The number of hydrogen-bond donors (Lipinski definition) is 2. The third-order valence-electron chi connectivity index (χ3n) is 3.60. The van der Waals surface area contributed by atoms with Crippen LogP contribution in [0.25, 0.3) is 0 Å². The molecule has 1 saturated heterocycles. The van der Waals surface area contributed by atoms with E-state index in [1.807, 2.05) is 0 Å². The lowest BCUT2D eigenvalue weighted by Gasteiger charge is -2.16. The molecule has 2 N–H and O–H groups in total. The molecule has 25 heavy (non-hydrogen) atoms. The molecule has 1 aliphatic heterocycles. The van der Waals surface area contributed by atoms with Gasteiger partial charge in [-0.3, -0.25) is 19.7 Å². The van der Waals surface area contributed by atoms with Gasteiger partial charge in [-0.1, -0.05) is 0 Å². The first-order valence-corrected chi connectivity index (χ1v) is 7.45. The number of nitrogens with zero attached hydrogens (tertiary/aromatic N) is 1. The highest BCUT2D eigenvalue weighted by Gasteiger charge is 2.31. The number of nitro benzene ring substituents is 1. The summed E-state index contributed by atoms with van der Waals surface area (Å²) in [6, 6.07) is 3.16. The average molecular weight is 351 g/mol. The van der Waals surface area contributed by atoms with Gasteiger partial charge >= 0.3 is 5.97 Å². The van der Waals surface area contributed by atoms with Crippen LogP contribution < -0.4 is 15.4 Å². The van der Waals surface area contributed by atoms with Crippen LogP contribution in [0, 0.1) is 10.1 Å². The number of hydrogen-bond acceptors (Lipinski definition) is 7. The molecule has 2 amide bonds.